The van der Waals surface area contributed by atoms with E-state index in [1.807, 2.05) is 30.5 Å². The molecule has 1 aliphatic heterocycles. The van der Waals surface area contributed by atoms with Crippen LogP contribution in [0.1, 0.15) is 36.7 Å². The number of hydrogen-bond acceptors (Lipinski definition) is 3. The fourth-order valence-corrected chi connectivity index (χ4v) is 2.58. The molecule has 1 aliphatic rings. The van der Waals surface area contributed by atoms with Crippen LogP contribution in [0.4, 0.5) is 0 Å². The molecule has 1 saturated heterocycles. The summed E-state index contributed by atoms with van der Waals surface area (Å²) in [5.41, 5.74) is 2.35. The molecule has 96 valence electrons. The van der Waals surface area contributed by atoms with Crippen LogP contribution in [-0.2, 0) is 13.6 Å². The van der Waals surface area contributed by atoms with Gasteiger partial charge in [-0.1, -0.05) is 6.42 Å². The molecule has 0 saturated carbocycles. The zero-order valence-electron chi connectivity index (χ0n) is 10.7. The van der Waals surface area contributed by atoms with Crippen LogP contribution in [-0.4, -0.2) is 25.9 Å². The fraction of sp³-hybridized carbons (Fsp3) is 0.538. The Bertz CT molecular complexity index is 507. The third kappa shape index (κ3) is 2.31. The van der Waals surface area contributed by atoms with E-state index < -0.39 is 0 Å². The Morgan fingerprint density at radius 1 is 1.44 bits per heavy atom. The maximum atomic E-state index is 4.42. The quantitative estimate of drug-likeness (QED) is 0.891. The van der Waals surface area contributed by atoms with E-state index in [0.717, 1.165) is 18.8 Å². The normalized spacial score (nSPS) is 20.2. The third-order valence-electron chi connectivity index (χ3n) is 3.51. The molecule has 1 N–H and O–H groups in total. The van der Waals surface area contributed by atoms with Crippen LogP contribution in [0, 0.1) is 0 Å². The number of nitrogens with one attached hydrogen (secondary N) is 1. The predicted octanol–water partition coefficient (Wildman–Crippen LogP) is 1.48. The lowest BCUT2D eigenvalue weighted by atomic mass is 10.0. The van der Waals surface area contributed by atoms with Crippen LogP contribution in [0.3, 0.4) is 0 Å². The summed E-state index contributed by atoms with van der Waals surface area (Å²) in [6.45, 7) is 1.91. The molecule has 5 heteroatoms. The van der Waals surface area contributed by atoms with Crippen LogP contribution in [0.2, 0.25) is 0 Å². The standard InChI is InChI=1S/C13H19N5/c1-17-7-5-11(16-17)9-18-10-14-8-13(18)12-4-2-3-6-15-12/h5,7-8,10,12,15H,2-4,6,9H2,1H3. The third-order valence-corrected chi connectivity index (χ3v) is 3.51. The van der Waals surface area contributed by atoms with Gasteiger partial charge in [-0.05, 0) is 25.5 Å². The summed E-state index contributed by atoms with van der Waals surface area (Å²) in [4.78, 5) is 4.29. The van der Waals surface area contributed by atoms with E-state index in [2.05, 4.69) is 26.0 Å². The minimum absolute atomic E-state index is 0.449. The molecule has 2 aromatic heterocycles. The first-order valence-electron chi connectivity index (χ1n) is 6.55. The van der Waals surface area contributed by atoms with Gasteiger partial charge in [0, 0.05) is 25.5 Å². The molecule has 5 nitrogen and oxygen atoms in total. The molecule has 1 atom stereocenters. The number of piperidine rings is 1. The average Bonchev–Trinajstić information content (AvgIpc) is 3.00. The Hall–Kier alpha value is -1.62. The highest BCUT2D eigenvalue weighted by Gasteiger charge is 2.18. The Morgan fingerprint density at radius 2 is 2.39 bits per heavy atom. The first-order valence-corrected chi connectivity index (χ1v) is 6.55. The maximum Gasteiger partial charge on any atom is 0.0952 e. The second kappa shape index (κ2) is 4.94. The van der Waals surface area contributed by atoms with Crippen molar-refractivity contribution in [3.63, 3.8) is 0 Å². The van der Waals surface area contributed by atoms with E-state index in [-0.39, 0.29) is 0 Å². The summed E-state index contributed by atoms with van der Waals surface area (Å²) < 4.78 is 4.04. The van der Waals surface area contributed by atoms with Crippen molar-refractivity contribution in [2.45, 2.75) is 31.8 Å². The monoisotopic (exact) mass is 245 g/mol. The van der Waals surface area contributed by atoms with Gasteiger partial charge in [-0.15, -0.1) is 0 Å². The predicted molar refractivity (Wildman–Crippen MR) is 69.1 cm³/mol. The number of imidazole rings is 1. The average molecular weight is 245 g/mol. The van der Waals surface area contributed by atoms with Crippen molar-refractivity contribution in [2.75, 3.05) is 6.54 Å². The summed E-state index contributed by atoms with van der Waals surface area (Å²) >= 11 is 0. The van der Waals surface area contributed by atoms with Crippen LogP contribution < -0.4 is 5.32 Å². The lowest BCUT2D eigenvalue weighted by Gasteiger charge is -2.24. The highest BCUT2D eigenvalue weighted by molar-refractivity contribution is 5.10. The first kappa shape index (κ1) is 11.5. The Balaban J connectivity index is 1.78. The van der Waals surface area contributed by atoms with Gasteiger partial charge in [-0.25, -0.2) is 4.98 Å². The van der Waals surface area contributed by atoms with Gasteiger partial charge in [0.1, 0.15) is 0 Å². The van der Waals surface area contributed by atoms with Crippen molar-refractivity contribution in [1.29, 1.82) is 0 Å². The van der Waals surface area contributed by atoms with Crippen LogP contribution in [0.15, 0.2) is 24.8 Å². The topological polar surface area (TPSA) is 47.7 Å². The van der Waals surface area contributed by atoms with Crippen molar-refractivity contribution < 1.29 is 0 Å². The molecule has 0 amide bonds. The van der Waals surface area contributed by atoms with Gasteiger partial charge in [-0.3, -0.25) is 4.68 Å². The van der Waals surface area contributed by atoms with Gasteiger partial charge in [0.25, 0.3) is 0 Å². The highest BCUT2D eigenvalue weighted by atomic mass is 15.3. The Kier molecular flexibility index (Phi) is 3.15. The Morgan fingerprint density at radius 3 is 3.11 bits per heavy atom. The van der Waals surface area contributed by atoms with E-state index in [1.54, 1.807) is 0 Å². The zero-order chi connectivity index (χ0) is 12.4. The minimum Gasteiger partial charge on any atom is -0.327 e. The number of nitrogens with zero attached hydrogens (tertiary/aromatic N) is 4. The van der Waals surface area contributed by atoms with Crippen LogP contribution >= 0.6 is 0 Å². The molecule has 0 radical (unpaired) electrons. The van der Waals surface area contributed by atoms with Crippen molar-refractivity contribution in [2.24, 2.45) is 7.05 Å². The SMILES string of the molecule is Cn1ccc(Cn2cncc2C2CCCCN2)n1. The second-order valence-corrected chi connectivity index (χ2v) is 4.93. The van der Waals surface area contributed by atoms with E-state index in [1.165, 1.54) is 25.0 Å². The summed E-state index contributed by atoms with van der Waals surface area (Å²) in [5.74, 6) is 0. The number of aromatic nitrogens is 4. The summed E-state index contributed by atoms with van der Waals surface area (Å²) in [6.07, 6.45) is 9.64. The van der Waals surface area contributed by atoms with E-state index in [4.69, 9.17) is 0 Å². The van der Waals surface area contributed by atoms with E-state index >= 15 is 0 Å². The first-order chi connectivity index (χ1) is 8.83. The smallest absolute Gasteiger partial charge is 0.0952 e. The van der Waals surface area contributed by atoms with Crippen molar-refractivity contribution in [3.8, 4) is 0 Å². The van der Waals surface area contributed by atoms with Crippen molar-refractivity contribution in [3.05, 3.63) is 36.2 Å². The molecular weight excluding hydrogens is 226 g/mol. The van der Waals surface area contributed by atoms with Crippen molar-refractivity contribution in [1.82, 2.24) is 24.6 Å². The minimum atomic E-state index is 0.449. The lowest BCUT2D eigenvalue weighted by Crippen LogP contribution is -2.28. The van der Waals surface area contributed by atoms with Gasteiger partial charge in [-0.2, -0.15) is 5.10 Å². The number of hydrogen-bond donors (Lipinski definition) is 1. The van der Waals surface area contributed by atoms with Gasteiger partial charge in [0.2, 0.25) is 0 Å². The summed E-state index contributed by atoms with van der Waals surface area (Å²) in [5, 5.41) is 7.99. The van der Waals surface area contributed by atoms with Gasteiger partial charge in [0.05, 0.1) is 24.3 Å². The molecule has 0 aliphatic carbocycles. The molecular formula is C13H19N5. The second-order valence-electron chi connectivity index (χ2n) is 4.93. The molecule has 0 bridgehead atoms. The largest absolute Gasteiger partial charge is 0.327 e. The van der Waals surface area contributed by atoms with Crippen LogP contribution in [0.25, 0.3) is 0 Å². The molecule has 2 aromatic rings. The highest BCUT2D eigenvalue weighted by Crippen LogP contribution is 2.22. The molecule has 3 rings (SSSR count). The van der Waals surface area contributed by atoms with E-state index in [0.29, 0.717) is 6.04 Å². The van der Waals surface area contributed by atoms with Crippen molar-refractivity contribution >= 4 is 0 Å². The fourth-order valence-electron chi connectivity index (χ4n) is 2.58. The van der Waals surface area contributed by atoms with Crippen LogP contribution in [0.5, 0.6) is 0 Å². The van der Waals surface area contributed by atoms with Gasteiger partial charge >= 0.3 is 0 Å². The van der Waals surface area contributed by atoms with Gasteiger partial charge < -0.3 is 9.88 Å². The summed E-state index contributed by atoms with van der Waals surface area (Å²) in [7, 11) is 1.95. The zero-order valence-corrected chi connectivity index (χ0v) is 10.7. The number of aryl methyl sites for hydroxylation is 1. The Labute approximate surface area is 107 Å². The van der Waals surface area contributed by atoms with Gasteiger partial charge in [0.15, 0.2) is 0 Å². The number of rotatable bonds is 3. The molecule has 1 unspecified atom stereocenters. The lowest BCUT2D eigenvalue weighted by molar-refractivity contribution is 0.395. The molecule has 0 aromatic carbocycles. The molecule has 0 spiro atoms. The maximum absolute atomic E-state index is 4.42. The molecule has 18 heavy (non-hydrogen) atoms. The molecule has 1 fully saturated rings. The molecule has 3 heterocycles. The van der Waals surface area contributed by atoms with E-state index in [9.17, 15) is 0 Å². The summed E-state index contributed by atoms with van der Waals surface area (Å²) in [6, 6.07) is 2.50.